The predicted molar refractivity (Wildman–Crippen MR) is 37.4 cm³/mol. The third kappa shape index (κ3) is 9.04. The van der Waals surface area contributed by atoms with Crippen molar-refractivity contribution in [2.75, 3.05) is 0 Å². The molecule has 8 heavy (non-hydrogen) atoms. The van der Waals surface area contributed by atoms with E-state index in [1.807, 2.05) is 0 Å². The van der Waals surface area contributed by atoms with Crippen molar-refractivity contribution in [1.29, 1.82) is 0 Å². The first kappa shape index (κ1) is 15.7. The van der Waals surface area contributed by atoms with Gasteiger partial charge >= 0.3 is 5.97 Å². The topological polar surface area (TPSA) is 68.8 Å². The van der Waals surface area contributed by atoms with E-state index >= 15 is 0 Å². The number of carboxylic acid groups (broad SMARTS) is 1. The van der Waals surface area contributed by atoms with Crippen LogP contribution < -0.4 is 0 Å². The lowest BCUT2D eigenvalue weighted by Gasteiger charge is -1.79. The Hall–Kier alpha value is -0.613. The van der Waals surface area contributed by atoms with E-state index in [9.17, 15) is 4.79 Å². The van der Waals surface area contributed by atoms with Crippen molar-refractivity contribution >= 4 is 16.9 Å². The van der Waals surface area contributed by atoms with Crippen LogP contribution in [-0.4, -0.2) is 27.5 Å². The summed E-state index contributed by atoms with van der Waals surface area (Å²) in [5.74, 6) is -0.935. The smallest absolute Gasteiger partial charge is 0.330 e. The summed E-state index contributed by atoms with van der Waals surface area (Å²) in [6.07, 6.45) is 0. The van der Waals surface area contributed by atoms with Crippen LogP contribution in [0.4, 0.5) is 0 Å². The molecule has 3 N–H and O–H groups in total. The number of hydrogen-bond donors (Lipinski definition) is 1. The number of aliphatic carboxylic acids is 1. The summed E-state index contributed by atoms with van der Waals surface area (Å²) < 4.78 is 0. The number of carbonyl (C=O) groups is 1. The van der Waals surface area contributed by atoms with Gasteiger partial charge in [0.25, 0.3) is 0 Å². The van der Waals surface area contributed by atoms with Gasteiger partial charge in [-0.25, -0.2) is 4.79 Å². The quantitative estimate of drug-likeness (QED) is 0.347. The second-order valence-electron chi connectivity index (χ2n) is 1.09. The first-order valence-electron chi connectivity index (χ1n) is 1.53. The van der Waals surface area contributed by atoms with Crippen molar-refractivity contribution in [1.82, 2.24) is 0 Å². The van der Waals surface area contributed by atoms with Crippen LogP contribution in [0.1, 0.15) is 6.92 Å². The lowest BCUT2D eigenvalue weighted by atomic mass is 10.4. The Morgan fingerprint density at radius 2 is 1.75 bits per heavy atom. The number of rotatable bonds is 1. The van der Waals surface area contributed by atoms with Crippen LogP contribution in [0.15, 0.2) is 12.2 Å². The van der Waals surface area contributed by atoms with Gasteiger partial charge in [-0.1, -0.05) is 6.58 Å². The Labute approximate surface area is 52.4 Å². The molecule has 0 amide bonds. The van der Waals surface area contributed by atoms with Crippen molar-refractivity contribution in [3.05, 3.63) is 12.2 Å². The summed E-state index contributed by atoms with van der Waals surface area (Å²) in [6, 6.07) is 0. The van der Waals surface area contributed by atoms with Gasteiger partial charge in [-0.3, -0.25) is 0 Å². The fraction of sp³-hybridized carbons (Fsp3) is 0.250. The van der Waals surface area contributed by atoms with Crippen molar-refractivity contribution in [3.8, 4) is 0 Å². The molecule has 0 radical (unpaired) electrons. The molecule has 0 saturated heterocycles. The molecule has 50 valence electrons. The highest BCUT2D eigenvalue weighted by Gasteiger charge is 1.90. The molecule has 4 heteroatoms. The molecule has 0 aliphatic rings. The normalized spacial score (nSPS) is 5.62. The molecule has 0 aromatic carbocycles. The summed E-state index contributed by atoms with van der Waals surface area (Å²) in [7, 11) is 0. The molecule has 0 atom stereocenters. The molecule has 0 rings (SSSR count). The maximum atomic E-state index is 9.60. The molecule has 0 aliphatic carbocycles. The zero-order chi connectivity index (χ0) is 5.15. The van der Waals surface area contributed by atoms with Gasteiger partial charge in [0.05, 0.1) is 0 Å². The van der Waals surface area contributed by atoms with E-state index in [1.165, 1.54) is 6.92 Å². The molecule has 0 fully saturated rings. The average molecular weight is 136 g/mol. The van der Waals surface area contributed by atoms with Crippen LogP contribution in [0.3, 0.4) is 0 Å². The summed E-state index contributed by atoms with van der Waals surface area (Å²) in [5, 5.41) is 7.89. The van der Waals surface area contributed by atoms with Gasteiger partial charge in [-0.2, -0.15) is 0 Å². The van der Waals surface area contributed by atoms with Gasteiger partial charge in [0.1, 0.15) is 0 Å². The second-order valence-corrected chi connectivity index (χ2v) is 1.09. The molecule has 0 aliphatic heterocycles. The van der Waals surface area contributed by atoms with Gasteiger partial charge in [-0.05, 0) is 17.9 Å². The zero-order valence-corrected chi connectivity index (χ0v) is 4.06. The maximum Gasteiger partial charge on any atom is 0.330 e. The number of carboxylic acids is 1. The molecule has 0 spiro atoms. The number of hydrogen-bond acceptors (Lipinski definition) is 1. The summed E-state index contributed by atoms with van der Waals surface area (Å²) in [4.78, 5) is 9.60. The van der Waals surface area contributed by atoms with Gasteiger partial charge in [0.15, 0.2) is 0 Å². The lowest BCUT2D eigenvalue weighted by Crippen LogP contribution is -1.92. The van der Waals surface area contributed by atoms with E-state index in [0.29, 0.717) is 0 Å². The minimum Gasteiger partial charge on any atom is -0.478 e. The maximum absolute atomic E-state index is 9.60. The Kier molecular flexibility index (Phi) is 12.5. The molecule has 3 nitrogen and oxygen atoms in total. The lowest BCUT2D eigenvalue weighted by molar-refractivity contribution is -0.132. The molecule has 0 saturated carbocycles. The first-order valence-corrected chi connectivity index (χ1v) is 1.53. The van der Waals surface area contributed by atoms with E-state index in [2.05, 4.69) is 6.58 Å². The third-order valence-electron chi connectivity index (χ3n) is 0.365. The van der Waals surface area contributed by atoms with Crippen LogP contribution in [0.2, 0.25) is 0 Å². The molecule has 0 bridgehead atoms. The van der Waals surface area contributed by atoms with Crippen molar-refractivity contribution in [3.63, 3.8) is 0 Å². The van der Waals surface area contributed by atoms with Crippen LogP contribution >= 0.6 is 0 Å². The Bertz CT molecular complexity index is 77.3. The van der Waals surface area contributed by atoms with E-state index < -0.39 is 5.97 Å². The fourth-order valence-electron chi connectivity index (χ4n) is 0. The van der Waals surface area contributed by atoms with Crippen LogP contribution in [0.5, 0.6) is 0 Å². The second kappa shape index (κ2) is 6.39. The standard InChI is InChI=1S/C4H6O2.H2O.H4Si/c1-3(2)4(5)6;;/h1H2,2H3,(H,5,6);1H2;1H4. The Morgan fingerprint density at radius 1 is 1.62 bits per heavy atom. The molecular weight excluding hydrogens is 124 g/mol. The van der Waals surface area contributed by atoms with Crippen molar-refractivity contribution in [2.24, 2.45) is 0 Å². The molecule has 0 aromatic rings. The molecule has 0 unspecified atom stereocenters. The fourth-order valence-corrected chi connectivity index (χ4v) is 0. The highest BCUT2D eigenvalue weighted by atomic mass is 28.1. The van der Waals surface area contributed by atoms with Gasteiger partial charge in [-0.15, -0.1) is 0 Å². The minimum absolute atomic E-state index is 0. The van der Waals surface area contributed by atoms with Crippen LogP contribution in [0.25, 0.3) is 0 Å². The average Bonchev–Trinajstić information content (AvgIpc) is 1.36. The summed E-state index contributed by atoms with van der Waals surface area (Å²) >= 11 is 0. The summed E-state index contributed by atoms with van der Waals surface area (Å²) in [5.41, 5.74) is 0.176. The van der Waals surface area contributed by atoms with E-state index in [-0.39, 0.29) is 22.0 Å². The van der Waals surface area contributed by atoms with E-state index in [1.54, 1.807) is 0 Å². The molecular formula is C4H12O3Si. The van der Waals surface area contributed by atoms with Gasteiger partial charge < -0.3 is 10.6 Å². The monoisotopic (exact) mass is 136 g/mol. The first-order chi connectivity index (χ1) is 2.64. The van der Waals surface area contributed by atoms with Gasteiger partial charge in [0.2, 0.25) is 0 Å². The highest BCUT2D eigenvalue weighted by Crippen LogP contribution is 1.81. The highest BCUT2D eigenvalue weighted by molar-refractivity contribution is 5.84. The Balaban J connectivity index is -0.000000125. The zero-order valence-electron chi connectivity index (χ0n) is 4.06. The van der Waals surface area contributed by atoms with E-state index in [4.69, 9.17) is 5.11 Å². The van der Waals surface area contributed by atoms with Crippen molar-refractivity contribution < 1.29 is 15.4 Å². The largest absolute Gasteiger partial charge is 0.478 e. The van der Waals surface area contributed by atoms with Gasteiger partial charge in [0, 0.05) is 5.57 Å². The molecule has 0 heterocycles. The van der Waals surface area contributed by atoms with Crippen molar-refractivity contribution in [2.45, 2.75) is 6.92 Å². The SMILES string of the molecule is C=C(C)C(=O)O.O.[SiH4]. The third-order valence-corrected chi connectivity index (χ3v) is 0.365. The molecule has 0 aromatic heterocycles. The summed E-state index contributed by atoms with van der Waals surface area (Å²) in [6.45, 7) is 4.60. The minimum atomic E-state index is -0.935. The predicted octanol–water partition coefficient (Wildman–Crippen LogP) is -1.63. The van der Waals surface area contributed by atoms with Crippen LogP contribution in [0, 0.1) is 0 Å². The Morgan fingerprint density at radius 3 is 1.75 bits per heavy atom. The van der Waals surface area contributed by atoms with Crippen LogP contribution in [-0.2, 0) is 4.79 Å². The van der Waals surface area contributed by atoms with E-state index in [0.717, 1.165) is 0 Å².